The van der Waals surface area contributed by atoms with Gasteiger partial charge in [-0.15, -0.1) is 10.2 Å². The zero-order chi connectivity index (χ0) is 17.2. The van der Waals surface area contributed by atoms with Crippen LogP contribution in [0, 0.1) is 0 Å². The summed E-state index contributed by atoms with van der Waals surface area (Å²) in [6, 6.07) is 9.69. The summed E-state index contributed by atoms with van der Waals surface area (Å²) in [6.07, 6.45) is 2.92. The first kappa shape index (κ1) is 16.1. The first-order chi connectivity index (χ1) is 12.2. The molecule has 7 heteroatoms. The Morgan fingerprint density at radius 3 is 2.96 bits per heavy atom. The predicted octanol–water partition coefficient (Wildman–Crippen LogP) is 2.29. The number of aryl methyl sites for hydroxylation is 1. The van der Waals surface area contributed by atoms with Gasteiger partial charge in [0.1, 0.15) is 17.8 Å². The van der Waals surface area contributed by atoms with Crippen LogP contribution >= 0.6 is 0 Å². The monoisotopic (exact) mass is 341 g/mol. The third-order valence-corrected chi connectivity index (χ3v) is 4.87. The molecule has 1 aromatic heterocycles. The number of fused-ring (bicyclic) bond motifs is 1. The van der Waals surface area contributed by atoms with Crippen LogP contribution in [0.1, 0.15) is 37.5 Å². The Labute approximate surface area is 147 Å². The van der Waals surface area contributed by atoms with E-state index in [9.17, 15) is 4.79 Å². The fourth-order valence-corrected chi connectivity index (χ4v) is 3.50. The number of carbonyl (C=O) groups excluding carboxylic acids is 1. The minimum Gasteiger partial charge on any atom is -0.443 e. The highest BCUT2D eigenvalue weighted by molar-refractivity contribution is 5.89. The largest absolute Gasteiger partial charge is 0.443 e. The van der Waals surface area contributed by atoms with E-state index in [2.05, 4.69) is 27.0 Å². The van der Waals surface area contributed by atoms with Crippen molar-refractivity contribution in [1.29, 1.82) is 0 Å². The minimum atomic E-state index is -0.287. The van der Waals surface area contributed by atoms with Crippen molar-refractivity contribution in [3.63, 3.8) is 0 Å². The second kappa shape index (κ2) is 6.84. The third-order valence-electron chi connectivity index (χ3n) is 4.87. The van der Waals surface area contributed by atoms with E-state index >= 15 is 0 Å². The molecule has 3 heterocycles. The van der Waals surface area contributed by atoms with E-state index in [0.717, 1.165) is 30.3 Å². The number of hydrogen-bond acceptors (Lipinski definition) is 5. The summed E-state index contributed by atoms with van der Waals surface area (Å²) in [5, 5.41) is 12.1. The number of para-hydroxylation sites is 1. The first-order valence-corrected chi connectivity index (χ1v) is 8.91. The maximum Gasteiger partial charge on any atom is 0.414 e. The number of hydrogen-bond donors (Lipinski definition) is 1. The Balaban J connectivity index is 1.36. The molecule has 0 radical (unpaired) electrons. The van der Waals surface area contributed by atoms with Gasteiger partial charge in [-0.3, -0.25) is 4.90 Å². The number of ether oxygens (including phenoxy) is 1. The number of cyclic esters (lactones) is 1. The highest BCUT2D eigenvalue weighted by atomic mass is 16.6. The van der Waals surface area contributed by atoms with E-state index < -0.39 is 0 Å². The fraction of sp³-hybridized carbons (Fsp3) is 0.500. The third kappa shape index (κ3) is 3.24. The Morgan fingerprint density at radius 1 is 1.28 bits per heavy atom. The van der Waals surface area contributed by atoms with E-state index in [4.69, 9.17) is 4.74 Å². The van der Waals surface area contributed by atoms with Crippen LogP contribution in [0.25, 0.3) is 0 Å². The van der Waals surface area contributed by atoms with Crippen molar-refractivity contribution in [1.82, 2.24) is 20.1 Å². The molecule has 132 valence electrons. The van der Waals surface area contributed by atoms with Crippen molar-refractivity contribution >= 4 is 11.8 Å². The van der Waals surface area contributed by atoms with Gasteiger partial charge in [-0.25, -0.2) is 4.79 Å². The van der Waals surface area contributed by atoms with Crippen LogP contribution in [0.3, 0.4) is 0 Å². The second-order valence-electron chi connectivity index (χ2n) is 6.67. The molecule has 0 saturated carbocycles. The number of benzene rings is 1. The quantitative estimate of drug-likeness (QED) is 0.903. The zero-order valence-electron chi connectivity index (χ0n) is 14.4. The molecule has 0 bridgehead atoms. The van der Waals surface area contributed by atoms with Crippen LogP contribution in [0.4, 0.5) is 10.5 Å². The lowest BCUT2D eigenvalue weighted by Crippen LogP contribution is -2.33. The van der Waals surface area contributed by atoms with Gasteiger partial charge in [0.05, 0.1) is 12.6 Å². The Bertz CT molecular complexity index is 745. The van der Waals surface area contributed by atoms with E-state index in [1.54, 1.807) is 4.90 Å². The molecule has 1 amide bonds. The normalized spacial score (nSPS) is 21.1. The average Bonchev–Trinajstić information content (AvgIpc) is 3.24. The molecule has 2 aliphatic heterocycles. The summed E-state index contributed by atoms with van der Waals surface area (Å²) in [6.45, 7) is 4.22. The molecule has 0 aliphatic carbocycles. The van der Waals surface area contributed by atoms with Crippen molar-refractivity contribution < 1.29 is 9.53 Å². The maximum atomic E-state index is 12.1. The lowest BCUT2D eigenvalue weighted by Gasteiger charge is -2.19. The number of rotatable bonds is 5. The molecule has 2 aromatic rings. The van der Waals surface area contributed by atoms with Gasteiger partial charge >= 0.3 is 6.09 Å². The van der Waals surface area contributed by atoms with Crippen molar-refractivity contribution in [2.45, 2.75) is 44.9 Å². The van der Waals surface area contributed by atoms with Crippen molar-refractivity contribution in [2.75, 3.05) is 18.0 Å². The molecule has 4 rings (SSSR count). The molecular weight excluding hydrogens is 318 g/mol. The van der Waals surface area contributed by atoms with Gasteiger partial charge in [-0.05, 0) is 31.9 Å². The molecule has 2 unspecified atom stereocenters. The number of amides is 1. The molecule has 2 aliphatic rings. The molecule has 1 N–H and O–H groups in total. The molecule has 1 fully saturated rings. The van der Waals surface area contributed by atoms with Gasteiger partial charge in [0.15, 0.2) is 0 Å². The molecular formula is C18H23N5O2. The van der Waals surface area contributed by atoms with E-state index in [1.165, 1.54) is 12.8 Å². The molecule has 1 saturated heterocycles. The number of carbonyl (C=O) groups is 1. The Morgan fingerprint density at radius 2 is 2.12 bits per heavy atom. The minimum absolute atomic E-state index is 0.0730. The van der Waals surface area contributed by atoms with Crippen LogP contribution in [0.2, 0.25) is 0 Å². The van der Waals surface area contributed by atoms with Crippen LogP contribution < -0.4 is 10.2 Å². The van der Waals surface area contributed by atoms with Crippen LogP contribution in [-0.4, -0.2) is 40.1 Å². The van der Waals surface area contributed by atoms with Gasteiger partial charge in [0, 0.05) is 25.2 Å². The second-order valence-corrected chi connectivity index (χ2v) is 6.67. The lowest BCUT2D eigenvalue weighted by atomic mass is 10.1. The standard InChI is InChI=1S/C18H23N5O2/c1-13(17-21-20-16-9-5-6-10-22(16)17)19-11-15-12-23(18(24)25-15)14-7-3-2-4-8-14/h2-4,7-8,13,15,19H,5-6,9-12H2,1H3. The summed E-state index contributed by atoms with van der Waals surface area (Å²) in [5.74, 6) is 2.05. The highest BCUT2D eigenvalue weighted by Gasteiger charge is 2.32. The van der Waals surface area contributed by atoms with E-state index in [0.29, 0.717) is 13.1 Å². The predicted molar refractivity (Wildman–Crippen MR) is 93.4 cm³/mol. The summed E-state index contributed by atoms with van der Waals surface area (Å²) in [5.41, 5.74) is 0.870. The van der Waals surface area contributed by atoms with Gasteiger partial charge in [0.25, 0.3) is 0 Å². The van der Waals surface area contributed by atoms with Crippen molar-refractivity contribution in [2.24, 2.45) is 0 Å². The zero-order valence-corrected chi connectivity index (χ0v) is 14.4. The van der Waals surface area contributed by atoms with Crippen LogP contribution in [0.5, 0.6) is 0 Å². The first-order valence-electron chi connectivity index (χ1n) is 8.91. The smallest absolute Gasteiger partial charge is 0.414 e. The molecule has 7 nitrogen and oxygen atoms in total. The lowest BCUT2D eigenvalue weighted by molar-refractivity contribution is 0.138. The number of anilines is 1. The number of nitrogens with zero attached hydrogens (tertiary/aromatic N) is 4. The molecule has 0 spiro atoms. The van der Waals surface area contributed by atoms with Crippen LogP contribution in [0.15, 0.2) is 30.3 Å². The summed E-state index contributed by atoms with van der Waals surface area (Å²) in [7, 11) is 0. The topological polar surface area (TPSA) is 72.3 Å². The molecule has 2 atom stereocenters. The molecule has 1 aromatic carbocycles. The van der Waals surface area contributed by atoms with Gasteiger partial charge in [-0.1, -0.05) is 18.2 Å². The van der Waals surface area contributed by atoms with Gasteiger partial charge in [0.2, 0.25) is 0 Å². The Kier molecular flexibility index (Phi) is 4.40. The number of aromatic nitrogens is 3. The highest BCUT2D eigenvalue weighted by Crippen LogP contribution is 2.22. The summed E-state index contributed by atoms with van der Waals surface area (Å²) < 4.78 is 7.71. The summed E-state index contributed by atoms with van der Waals surface area (Å²) in [4.78, 5) is 13.8. The summed E-state index contributed by atoms with van der Waals surface area (Å²) >= 11 is 0. The Hall–Kier alpha value is -2.41. The average molecular weight is 341 g/mol. The van der Waals surface area contributed by atoms with Gasteiger partial charge < -0.3 is 14.6 Å². The van der Waals surface area contributed by atoms with Crippen molar-refractivity contribution in [3.05, 3.63) is 42.0 Å². The van der Waals surface area contributed by atoms with Crippen LogP contribution in [-0.2, 0) is 17.7 Å². The SMILES string of the molecule is CC(NCC1CN(c2ccccc2)C(=O)O1)c1nnc2n1CCCC2. The number of nitrogens with one attached hydrogen (secondary N) is 1. The molecule has 25 heavy (non-hydrogen) atoms. The maximum absolute atomic E-state index is 12.1. The van der Waals surface area contributed by atoms with Gasteiger partial charge in [-0.2, -0.15) is 0 Å². The fourth-order valence-electron chi connectivity index (χ4n) is 3.50. The van der Waals surface area contributed by atoms with Crippen molar-refractivity contribution in [3.8, 4) is 0 Å². The van der Waals surface area contributed by atoms with E-state index in [-0.39, 0.29) is 18.2 Å². The van der Waals surface area contributed by atoms with E-state index in [1.807, 2.05) is 30.3 Å².